The third kappa shape index (κ3) is 4.29. The first-order valence-electron chi connectivity index (χ1n) is 13.1. The van der Waals surface area contributed by atoms with Crippen LogP contribution < -0.4 is 16.0 Å². The molecule has 2 fully saturated rings. The van der Waals surface area contributed by atoms with Crippen molar-refractivity contribution in [2.45, 2.75) is 63.6 Å². The van der Waals surface area contributed by atoms with Crippen LogP contribution >= 0.6 is 11.6 Å². The summed E-state index contributed by atoms with van der Waals surface area (Å²) in [6.45, 7) is 8.60. The molecular formula is C26H34ClN5O5S. The average molecular weight is 564 g/mol. The first kappa shape index (κ1) is 27.0. The van der Waals surface area contributed by atoms with Crippen LogP contribution in [0.3, 0.4) is 0 Å². The zero-order valence-electron chi connectivity index (χ0n) is 22.2. The molecule has 2 aliphatic heterocycles. The fraction of sp³-hybridized carbons (Fsp3) is 0.538. The molecule has 2 aromatic heterocycles. The number of aromatic nitrogens is 3. The molecule has 0 unspecified atom stereocenters. The van der Waals surface area contributed by atoms with Crippen LogP contribution in [0, 0.1) is 0 Å². The number of hydrogen-bond acceptors (Lipinski definition) is 6. The van der Waals surface area contributed by atoms with Crippen LogP contribution in [0.15, 0.2) is 32.7 Å². The van der Waals surface area contributed by atoms with Crippen LogP contribution in [0.4, 0.5) is 0 Å². The molecule has 10 nitrogen and oxygen atoms in total. The number of ether oxygens (including phenoxy) is 1. The van der Waals surface area contributed by atoms with Crippen LogP contribution in [0.2, 0.25) is 5.02 Å². The largest absolute Gasteiger partial charge is 0.493 e. The fourth-order valence-electron chi connectivity index (χ4n) is 5.80. The van der Waals surface area contributed by atoms with Crippen LogP contribution in [0.1, 0.15) is 40.0 Å². The van der Waals surface area contributed by atoms with E-state index in [2.05, 4.69) is 9.88 Å². The molecule has 0 bridgehead atoms. The summed E-state index contributed by atoms with van der Waals surface area (Å²) in [6, 6.07) is 4.81. The van der Waals surface area contributed by atoms with Crippen molar-refractivity contribution in [3.05, 3.63) is 44.1 Å². The highest BCUT2D eigenvalue weighted by Crippen LogP contribution is 2.40. The molecule has 2 atom stereocenters. The highest BCUT2D eigenvalue weighted by Gasteiger charge is 2.40. The van der Waals surface area contributed by atoms with E-state index in [1.165, 1.54) is 11.6 Å². The van der Waals surface area contributed by atoms with E-state index in [1.807, 2.05) is 20.8 Å². The zero-order chi connectivity index (χ0) is 27.4. The lowest BCUT2D eigenvalue weighted by molar-refractivity contribution is 0.117. The number of rotatable bonds is 7. The molecule has 2 aliphatic rings. The summed E-state index contributed by atoms with van der Waals surface area (Å²) in [7, 11) is -2.39. The SMILES string of the molecule is CCCn1c(=O)n(C)c(=O)c2[nH]c(-c3cc(S(=O)(=O)N4C[C@@H]5CCCN5C[C@H]4C)ccc3OCC)c(Cl)c21. The second-order valence-electron chi connectivity index (χ2n) is 10.1. The lowest BCUT2D eigenvalue weighted by atomic mass is 10.1. The Labute approximate surface area is 226 Å². The highest BCUT2D eigenvalue weighted by atomic mass is 35.5. The van der Waals surface area contributed by atoms with Crippen molar-refractivity contribution < 1.29 is 13.2 Å². The number of nitrogens with zero attached hydrogens (tertiary/aromatic N) is 4. The number of aromatic amines is 1. The first-order chi connectivity index (χ1) is 18.1. The van der Waals surface area contributed by atoms with Gasteiger partial charge in [-0.3, -0.25) is 18.8 Å². The Morgan fingerprint density at radius 2 is 1.95 bits per heavy atom. The molecule has 1 N–H and O–H groups in total. The summed E-state index contributed by atoms with van der Waals surface area (Å²) in [4.78, 5) is 31.5. The van der Waals surface area contributed by atoms with Crippen LogP contribution in [0.25, 0.3) is 22.3 Å². The number of fused-ring (bicyclic) bond motifs is 2. The van der Waals surface area contributed by atoms with E-state index in [1.54, 1.807) is 22.5 Å². The van der Waals surface area contributed by atoms with Gasteiger partial charge in [-0.2, -0.15) is 4.31 Å². The molecule has 5 rings (SSSR count). The van der Waals surface area contributed by atoms with Gasteiger partial charge in [-0.05, 0) is 57.9 Å². The van der Waals surface area contributed by atoms with E-state index in [4.69, 9.17) is 16.3 Å². The summed E-state index contributed by atoms with van der Waals surface area (Å²) in [5.74, 6) is 0.426. The van der Waals surface area contributed by atoms with Crippen molar-refractivity contribution >= 4 is 32.7 Å². The number of hydrogen-bond donors (Lipinski definition) is 1. The molecule has 0 spiro atoms. The van der Waals surface area contributed by atoms with Crippen molar-refractivity contribution in [3.8, 4) is 17.0 Å². The number of H-pyrrole nitrogens is 1. The van der Waals surface area contributed by atoms with Crippen LogP contribution in [0.5, 0.6) is 5.75 Å². The van der Waals surface area contributed by atoms with Gasteiger partial charge in [0, 0.05) is 44.3 Å². The normalized spacial score (nSPS) is 20.8. The Morgan fingerprint density at radius 3 is 2.66 bits per heavy atom. The molecule has 0 saturated carbocycles. The first-order valence-corrected chi connectivity index (χ1v) is 15.0. The quantitative estimate of drug-likeness (QED) is 0.473. The summed E-state index contributed by atoms with van der Waals surface area (Å²) >= 11 is 6.84. The monoisotopic (exact) mass is 563 g/mol. The predicted molar refractivity (Wildman–Crippen MR) is 148 cm³/mol. The van der Waals surface area contributed by atoms with E-state index >= 15 is 0 Å². The summed E-state index contributed by atoms with van der Waals surface area (Å²) in [5, 5.41) is 0.173. The molecule has 4 heterocycles. The van der Waals surface area contributed by atoms with Gasteiger partial charge in [-0.25, -0.2) is 13.2 Å². The minimum absolute atomic E-state index is 0.128. The van der Waals surface area contributed by atoms with Gasteiger partial charge in [0.15, 0.2) is 0 Å². The topological polar surface area (TPSA) is 110 Å². The fourth-order valence-corrected chi connectivity index (χ4v) is 7.83. The van der Waals surface area contributed by atoms with Crippen molar-refractivity contribution in [2.75, 3.05) is 26.2 Å². The van der Waals surface area contributed by atoms with Crippen molar-refractivity contribution in [2.24, 2.45) is 7.05 Å². The zero-order valence-corrected chi connectivity index (χ0v) is 23.7. The van der Waals surface area contributed by atoms with E-state index in [0.717, 1.165) is 24.0 Å². The second-order valence-corrected chi connectivity index (χ2v) is 12.4. The van der Waals surface area contributed by atoms with E-state index < -0.39 is 21.3 Å². The predicted octanol–water partition coefficient (Wildman–Crippen LogP) is 3.01. The average Bonchev–Trinajstić information content (AvgIpc) is 3.49. The number of sulfonamides is 1. The smallest absolute Gasteiger partial charge is 0.331 e. The van der Waals surface area contributed by atoms with E-state index in [9.17, 15) is 18.0 Å². The minimum Gasteiger partial charge on any atom is -0.493 e. The Bertz CT molecular complexity index is 1610. The van der Waals surface area contributed by atoms with Gasteiger partial charge in [0.1, 0.15) is 11.3 Å². The van der Waals surface area contributed by atoms with Gasteiger partial charge in [0.05, 0.1) is 27.7 Å². The van der Waals surface area contributed by atoms with Gasteiger partial charge in [-0.15, -0.1) is 0 Å². The lowest BCUT2D eigenvalue weighted by Crippen LogP contribution is -2.56. The van der Waals surface area contributed by atoms with Crippen molar-refractivity contribution in [1.82, 2.24) is 23.3 Å². The van der Waals surface area contributed by atoms with Gasteiger partial charge < -0.3 is 9.72 Å². The number of nitrogens with one attached hydrogen (secondary N) is 1. The van der Waals surface area contributed by atoms with Crippen LogP contribution in [-0.4, -0.2) is 70.1 Å². The standard InChI is InChI=1S/C26H34ClN5O5S/c1-5-11-31-24-21(27)22(28-23(24)25(33)29(4)26(31)34)19-13-18(9-10-20(19)37-6-2)38(35,36)32-15-17-8-7-12-30(17)14-16(32)3/h9-10,13,16-17,28H,5-8,11-12,14-15H2,1-4H3/t16-,17+/m1/s1. The third-order valence-electron chi connectivity index (χ3n) is 7.67. The van der Waals surface area contributed by atoms with Crippen molar-refractivity contribution in [1.29, 1.82) is 0 Å². The second kappa shape index (κ2) is 10.2. The number of aryl methyl sites for hydroxylation is 1. The molecule has 0 amide bonds. The number of benzene rings is 1. The molecule has 2 saturated heterocycles. The summed E-state index contributed by atoms with van der Waals surface area (Å²) < 4.78 is 37.8. The van der Waals surface area contributed by atoms with Crippen molar-refractivity contribution in [3.63, 3.8) is 0 Å². The Morgan fingerprint density at radius 1 is 1.18 bits per heavy atom. The highest BCUT2D eigenvalue weighted by molar-refractivity contribution is 7.89. The van der Waals surface area contributed by atoms with Gasteiger partial charge >= 0.3 is 5.69 Å². The third-order valence-corrected chi connectivity index (χ3v) is 10.0. The maximum atomic E-state index is 13.9. The summed E-state index contributed by atoms with van der Waals surface area (Å²) in [5.41, 5.74) is 0.274. The van der Waals surface area contributed by atoms with Crippen LogP contribution in [-0.2, 0) is 23.6 Å². The van der Waals surface area contributed by atoms with Gasteiger partial charge in [0.2, 0.25) is 10.0 Å². The molecule has 1 aromatic carbocycles. The number of piperazine rings is 1. The molecule has 206 valence electrons. The van der Waals surface area contributed by atoms with Gasteiger partial charge in [-0.1, -0.05) is 18.5 Å². The Balaban J connectivity index is 1.67. The maximum Gasteiger partial charge on any atom is 0.331 e. The number of halogens is 1. The molecule has 0 aliphatic carbocycles. The molecular weight excluding hydrogens is 530 g/mol. The van der Waals surface area contributed by atoms with Gasteiger partial charge in [0.25, 0.3) is 5.56 Å². The molecule has 38 heavy (non-hydrogen) atoms. The maximum absolute atomic E-state index is 13.9. The van der Waals surface area contributed by atoms with E-state index in [0.29, 0.717) is 55.2 Å². The molecule has 3 aromatic rings. The van der Waals surface area contributed by atoms with E-state index in [-0.39, 0.29) is 27.5 Å². The lowest BCUT2D eigenvalue weighted by Gasteiger charge is -2.41. The summed E-state index contributed by atoms with van der Waals surface area (Å²) in [6.07, 6.45) is 2.74. The Hall–Kier alpha value is -2.60. The molecule has 0 radical (unpaired) electrons. The minimum atomic E-state index is -3.82. The Kier molecular flexibility index (Phi) is 7.23. The molecule has 12 heteroatoms.